The van der Waals surface area contributed by atoms with Crippen molar-refractivity contribution in [3.63, 3.8) is 0 Å². The Labute approximate surface area is 76.4 Å². The lowest BCUT2D eigenvalue weighted by atomic mass is 10.2. The van der Waals surface area contributed by atoms with Crippen LogP contribution in [-0.4, -0.2) is 15.0 Å². The summed E-state index contributed by atoms with van der Waals surface area (Å²) >= 11 is 0. The molecule has 4 nitrogen and oxygen atoms in total. The quantitative estimate of drug-likeness (QED) is 0.584. The van der Waals surface area contributed by atoms with Crippen molar-refractivity contribution in [1.29, 1.82) is 0 Å². The molecule has 13 heavy (non-hydrogen) atoms. The molecule has 0 amide bonds. The number of hydrogen-bond donors (Lipinski definition) is 0. The van der Waals surface area contributed by atoms with Gasteiger partial charge in [-0.05, 0) is 0 Å². The molecule has 0 saturated carbocycles. The van der Waals surface area contributed by atoms with Gasteiger partial charge in [0.25, 0.3) is 0 Å². The van der Waals surface area contributed by atoms with Gasteiger partial charge in [0.05, 0.1) is 6.20 Å². The largest absolute Gasteiger partial charge is 0.255 e. The maximum absolute atomic E-state index is 4.02. The molecule has 0 radical (unpaired) electrons. The Morgan fingerprint density at radius 2 is 2.00 bits per heavy atom. The van der Waals surface area contributed by atoms with Crippen LogP contribution in [0.2, 0.25) is 0 Å². The summed E-state index contributed by atoms with van der Waals surface area (Å²) in [6.45, 7) is 0. The molecule has 2 heterocycles. The van der Waals surface area contributed by atoms with E-state index in [1.165, 1.54) is 0 Å². The van der Waals surface area contributed by atoms with E-state index < -0.39 is 0 Å². The Balaban J connectivity index is 2.41. The van der Waals surface area contributed by atoms with E-state index in [2.05, 4.69) is 10.3 Å². The van der Waals surface area contributed by atoms with Crippen LogP contribution in [0.3, 0.4) is 0 Å². The second-order valence-corrected chi connectivity index (χ2v) is 3.03. The van der Waals surface area contributed by atoms with E-state index in [1.807, 2.05) is 49.4 Å². The minimum atomic E-state index is 0.906. The van der Waals surface area contributed by atoms with Gasteiger partial charge in [0, 0.05) is 24.7 Å². The van der Waals surface area contributed by atoms with Crippen LogP contribution in [0.15, 0.2) is 30.7 Å². The van der Waals surface area contributed by atoms with Gasteiger partial charge in [-0.2, -0.15) is 0 Å². The molecule has 66 valence electrons. The number of aryl methyl sites for hydroxylation is 2. The monoisotopic (exact) mass is 175 g/mol. The van der Waals surface area contributed by atoms with Crippen LogP contribution in [-0.2, 0) is 14.1 Å². The van der Waals surface area contributed by atoms with E-state index >= 15 is 0 Å². The molecule has 0 aliphatic carbocycles. The number of aromatic nitrogens is 4. The van der Waals surface area contributed by atoms with Crippen LogP contribution in [0.25, 0.3) is 11.3 Å². The van der Waals surface area contributed by atoms with E-state index in [1.54, 1.807) is 4.68 Å². The number of nitrogens with zero attached hydrogens (tertiary/aromatic N) is 4. The highest BCUT2D eigenvalue weighted by Crippen LogP contribution is 2.12. The molecule has 0 spiro atoms. The lowest BCUT2D eigenvalue weighted by Gasteiger charge is -1.91. The topological polar surface area (TPSA) is 34.6 Å². The predicted molar refractivity (Wildman–Crippen MR) is 47.6 cm³/mol. The maximum atomic E-state index is 4.02. The molecule has 0 saturated heterocycles. The highest BCUT2D eigenvalue weighted by atomic mass is 15.4. The average Bonchev–Trinajstić information content (AvgIpc) is 2.53. The maximum Gasteiger partial charge on any atom is 0.169 e. The highest BCUT2D eigenvalue weighted by molar-refractivity contribution is 5.55. The zero-order chi connectivity index (χ0) is 9.26. The van der Waals surface area contributed by atoms with Gasteiger partial charge in [-0.3, -0.25) is 4.68 Å². The molecule has 0 bridgehead atoms. The first-order valence-electron chi connectivity index (χ1n) is 4.08. The normalized spacial score (nSPS) is 10.3. The van der Waals surface area contributed by atoms with Crippen molar-refractivity contribution >= 4 is 0 Å². The lowest BCUT2D eigenvalue weighted by Crippen LogP contribution is -2.25. The summed E-state index contributed by atoms with van der Waals surface area (Å²) in [6, 6.07) is 4.04. The van der Waals surface area contributed by atoms with Gasteiger partial charge in [-0.15, -0.1) is 5.10 Å². The van der Waals surface area contributed by atoms with Crippen molar-refractivity contribution in [3.05, 3.63) is 30.7 Å². The Hall–Kier alpha value is -1.71. The van der Waals surface area contributed by atoms with Crippen molar-refractivity contribution in [2.45, 2.75) is 0 Å². The third-order valence-corrected chi connectivity index (χ3v) is 1.88. The van der Waals surface area contributed by atoms with Crippen LogP contribution < -0.4 is 4.57 Å². The average molecular weight is 175 g/mol. The van der Waals surface area contributed by atoms with Gasteiger partial charge in [-0.1, -0.05) is 5.21 Å². The molecular weight excluding hydrogens is 164 g/mol. The zero-order valence-electron chi connectivity index (χ0n) is 7.68. The van der Waals surface area contributed by atoms with E-state index in [0.29, 0.717) is 0 Å². The first kappa shape index (κ1) is 7.91. The minimum Gasteiger partial charge on any atom is -0.255 e. The van der Waals surface area contributed by atoms with Gasteiger partial charge in [0.1, 0.15) is 12.7 Å². The van der Waals surface area contributed by atoms with Gasteiger partial charge < -0.3 is 0 Å². The van der Waals surface area contributed by atoms with Crippen LogP contribution in [0.4, 0.5) is 0 Å². The molecule has 0 aromatic carbocycles. The van der Waals surface area contributed by atoms with Gasteiger partial charge in [0.2, 0.25) is 0 Å². The van der Waals surface area contributed by atoms with Gasteiger partial charge in [0.15, 0.2) is 12.4 Å². The van der Waals surface area contributed by atoms with E-state index in [4.69, 9.17) is 0 Å². The zero-order valence-corrected chi connectivity index (χ0v) is 7.68. The third kappa shape index (κ3) is 1.56. The third-order valence-electron chi connectivity index (χ3n) is 1.88. The Bertz CT molecular complexity index is 402. The van der Waals surface area contributed by atoms with Crippen LogP contribution in [0.5, 0.6) is 0 Å². The fourth-order valence-electron chi connectivity index (χ4n) is 1.15. The molecular formula is C9H11N4+. The fourth-order valence-corrected chi connectivity index (χ4v) is 1.15. The Morgan fingerprint density at radius 1 is 1.31 bits per heavy atom. The summed E-state index contributed by atoms with van der Waals surface area (Å²) < 4.78 is 3.68. The number of hydrogen-bond acceptors (Lipinski definition) is 2. The number of pyridine rings is 1. The molecule has 0 fully saturated rings. The standard InChI is InChI=1S/C9H11N4/c1-12-5-3-8(4-6-12)9-7-13(2)11-10-9/h3-7H,1-2H3/q+1. The molecule has 4 heteroatoms. The summed E-state index contributed by atoms with van der Waals surface area (Å²) in [7, 11) is 3.85. The highest BCUT2D eigenvalue weighted by Gasteiger charge is 2.02. The fraction of sp³-hybridized carbons (Fsp3) is 0.222. The first-order valence-corrected chi connectivity index (χ1v) is 4.08. The van der Waals surface area contributed by atoms with E-state index in [9.17, 15) is 0 Å². The second-order valence-electron chi connectivity index (χ2n) is 3.03. The predicted octanol–water partition coefficient (Wildman–Crippen LogP) is 0.307. The van der Waals surface area contributed by atoms with Gasteiger partial charge >= 0.3 is 0 Å². The van der Waals surface area contributed by atoms with Crippen molar-refractivity contribution in [2.24, 2.45) is 14.1 Å². The minimum absolute atomic E-state index is 0.906. The molecule has 0 aliphatic heterocycles. The molecule has 2 rings (SSSR count). The van der Waals surface area contributed by atoms with Crippen molar-refractivity contribution in [2.75, 3.05) is 0 Å². The second kappa shape index (κ2) is 2.97. The molecule has 0 atom stereocenters. The Morgan fingerprint density at radius 3 is 2.54 bits per heavy atom. The van der Waals surface area contributed by atoms with Crippen LogP contribution in [0, 0.1) is 0 Å². The summed E-state index contributed by atoms with van der Waals surface area (Å²) in [5.74, 6) is 0. The van der Waals surface area contributed by atoms with Crippen molar-refractivity contribution in [3.8, 4) is 11.3 Å². The Kier molecular flexibility index (Phi) is 1.81. The molecule has 0 aliphatic rings. The molecule has 0 N–H and O–H groups in total. The summed E-state index contributed by atoms with van der Waals surface area (Å²) in [5, 5.41) is 7.89. The molecule has 0 unspecified atom stereocenters. The van der Waals surface area contributed by atoms with Crippen LogP contribution >= 0.6 is 0 Å². The van der Waals surface area contributed by atoms with E-state index in [0.717, 1.165) is 11.3 Å². The van der Waals surface area contributed by atoms with E-state index in [-0.39, 0.29) is 0 Å². The van der Waals surface area contributed by atoms with Crippen molar-refractivity contribution in [1.82, 2.24) is 15.0 Å². The number of rotatable bonds is 1. The molecule has 2 aromatic rings. The van der Waals surface area contributed by atoms with Crippen molar-refractivity contribution < 1.29 is 4.57 Å². The lowest BCUT2D eigenvalue weighted by molar-refractivity contribution is -0.671. The molecule has 2 aromatic heterocycles. The summed E-state index contributed by atoms with van der Waals surface area (Å²) in [5.41, 5.74) is 1.99. The SMILES string of the molecule is Cn1cc(-c2cc[n+](C)cc2)nn1. The summed E-state index contributed by atoms with van der Waals surface area (Å²) in [4.78, 5) is 0. The summed E-state index contributed by atoms with van der Waals surface area (Å²) in [6.07, 6.45) is 5.88. The smallest absolute Gasteiger partial charge is 0.169 e. The first-order chi connectivity index (χ1) is 6.25. The van der Waals surface area contributed by atoms with Gasteiger partial charge in [-0.25, -0.2) is 4.57 Å². The van der Waals surface area contributed by atoms with Crippen LogP contribution in [0.1, 0.15) is 0 Å².